The zero-order valence-electron chi connectivity index (χ0n) is 15.7. The number of unbranched alkanes of at least 4 members (excludes halogenated alkanes) is 4. The molecule has 0 radical (unpaired) electrons. The van der Waals surface area contributed by atoms with Gasteiger partial charge in [0.15, 0.2) is 17.7 Å². The van der Waals surface area contributed by atoms with E-state index >= 15 is 0 Å². The van der Waals surface area contributed by atoms with Crippen LogP contribution in [0.1, 0.15) is 51.1 Å². The Morgan fingerprint density at radius 3 is 2.68 bits per heavy atom. The Labute approximate surface area is 162 Å². The third-order valence-electron chi connectivity index (χ3n) is 4.60. The molecule has 10 nitrogen and oxygen atoms in total. The summed E-state index contributed by atoms with van der Waals surface area (Å²) in [5.74, 6) is 6.42. The van der Waals surface area contributed by atoms with Crippen LogP contribution in [0.3, 0.4) is 0 Å². The zero-order valence-corrected chi connectivity index (χ0v) is 15.7. The summed E-state index contributed by atoms with van der Waals surface area (Å²) in [5, 5.41) is 29.5. The van der Waals surface area contributed by atoms with Gasteiger partial charge in [0, 0.05) is 6.42 Å². The van der Waals surface area contributed by atoms with Gasteiger partial charge in [-0.15, -0.1) is 0 Å². The summed E-state index contributed by atoms with van der Waals surface area (Å²) in [6, 6.07) is 0. The van der Waals surface area contributed by atoms with Crippen molar-refractivity contribution in [3.8, 4) is 11.8 Å². The molecule has 2 aromatic rings. The summed E-state index contributed by atoms with van der Waals surface area (Å²) in [7, 11) is 0. The number of hydrogen-bond donors (Lipinski definition) is 4. The van der Waals surface area contributed by atoms with Crippen LogP contribution in [0.4, 0.5) is 5.82 Å². The van der Waals surface area contributed by atoms with Crippen LogP contribution in [-0.2, 0) is 4.74 Å². The van der Waals surface area contributed by atoms with Crippen molar-refractivity contribution in [1.82, 2.24) is 19.5 Å². The number of anilines is 1. The van der Waals surface area contributed by atoms with E-state index in [-0.39, 0.29) is 17.1 Å². The van der Waals surface area contributed by atoms with Crippen LogP contribution in [0.25, 0.3) is 11.2 Å². The first-order valence-corrected chi connectivity index (χ1v) is 9.18. The van der Waals surface area contributed by atoms with Gasteiger partial charge in [-0.25, -0.2) is 15.0 Å². The Bertz CT molecular complexity index is 846. The molecule has 0 unspecified atom stereocenters. The number of aliphatic hydroxyl groups is 3. The number of hydrogen-bond acceptors (Lipinski definition) is 8. The molecule has 0 aliphatic carbocycles. The van der Waals surface area contributed by atoms with E-state index in [1.54, 1.807) is 0 Å². The monoisotopic (exact) mass is 393 g/mol. The molecular weight excluding hydrogens is 366 g/mol. The molecule has 3 heterocycles. The highest BCUT2D eigenvalue weighted by molar-refractivity contribution is 5.82. The fraction of sp³-hybridized carbons (Fsp3) is 0.611. The van der Waals surface area contributed by atoms with Gasteiger partial charge < -0.3 is 31.3 Å². The van der Waals surface area contributed by atoms with E-state index in [0.29, 0.717) is 11.2 Å². The second kappa shape index (κ2) is 9.77. The number of rotatable bonds is 6. The predicted molar refractivity (Wildman–Crippen MR) is 102 cm³/mol. The molecule has 0 amide bonds. The average molecular weight is 393 g/mol. The number of ether oxygens (including phenoxy) is 1. The topological polar surface area (TPSA) is 171 Å². The summed E-state index contributed by atoms with van der Waals surface area (Å²) in [5.41, 5.74) is 6.68. The minimum absolute atomic E-state index is 0. The minimum Gasteiger partial charge on any atom is -0.412 e. The number of nitrogens with two attached hydrogens (primary N) is 1. The summed E-state index contributed by atoms with van der Waals surface area (Å²) in [4.78, 5) is 12.7. The standard InChI is InChI=1S/C18H25N5O4.H2O/c1-2-3-4-5-6-7-8-12-21-16(19)13-17(22-12)23(10-20-13)18-15(26)14(25)11(9-24)27-18;/h10-11,14-15,18,24-26H,2-6,9H2,1H3,(H2,19,21,22);1H2/t11-,14-,15-,18-;/m1./s1. The van der Waals surface area contributed by atoms with E-state index in [2.05, 4.69) is 33.7 Å². The maximum Gasteiger partial charge on any atom is 0.208 e. The third-order valence-corrected chi connectivity index (χ3v) is 4.60. The van der Waals surface area contributed by atoms with Crippen molar-refractivity contribution in [3.63, 3.8) is 0 Å². The Balaban J connectivity index is 0.00000280. The Morgan fingerprint density at radius 1 is 1.21 bits per heavy atom. The summed E-state index contributed by atoms with van der Waals surface area (Å²) in [6.07, 6.45) is 2.45. The highest BCUT2D eigenvalue weighted by atomic mass is 16.6. The van der Waals surface area contributed by atoms with Gasteiger partial charge in [-0.3, -0.25) is 4.57 Å². The SMILES string of the molecule is CCCCCCC#Cc1nc(N)c2ncn([C@@H]3O[C@H](CO)[C@@H](O)[C@H]3O)c2n1.O. The molecule has 2 aromatic heterocycles. The average Bonchev–Trinajstić information content (AvgIpc) is 3.20. The number of aromatic nitrogens is 4. The molecule has 1 aliphatic rings. The molecule has 0 saturated carbocycles. The molecule has 1 fully saturated rings. The van der Waals surface area contributed by atoms with E-state index in [1.807, 2.05) is 0 Å². The second-order valence-electron chi connectivity index (χ2n) is 6.60. The second-order valence-corrected chi connectivity index (χ2v) is 6.60. The summed E-state index contributed by atoms with van der Waals surface area (Å²) >= 11 is 0. The first-order valence-electron chi connectivity index (χ1n) is 9.18. The molecule has 1 aliphatic heterocycles. The molecule has 3 rings (SSSR count). The van der Waals surface area contributed by atoms with Gasteiger partial charge in [0.25, 0.3) is 0 Å². The van der Waals surface area contributed by atoms with Gasteiger partial charge >= 0.3 is 0 Å². The Hall–Kier alpha value is -2.29. The number of imidazole rings is 1. The molecule has 154 valence electrons. The number of nitrogen functional groups attached to an aromatic ring is 1. The van der Waals surface area contributed by atoms with Crippen molar-refractivity contribution < 1.29 is 25.5 Å². The number of aliphatic hydroxyl groups excluding tert-OH is 3. The maximum atomic E-state index is 10.2. The molecule has 28 heavy (non-hydrogen) atoms. The fourth-order valence-corrected chi connectivity index (χ4v) is 3.07. The Morgan fingerprint density at radius 2 is 2.00 bits per heavy atom. The van der Waals surface area contributed by atoms with Crippen molar-refractivity contribution in [2.75, 3.05) is 12.3 Å². The number of fused-ring (bicyclic) bond motifs is 1. The quantitative estimate of drug-likeness (QED) is 0.376. The lowest BCUT2D eigenvalue weighted by molar-refractivity contribution is -0.0511. The molecule has 4 atom stereocenters. The molecule has 0 aromatic carbocycles. The van der Waals surface area contributed by atoms with Crippen LogP contribution < -0.4 is 5.73 Å². The predicted octanol–water partition coefficient (Wildman–Crippen LogP) is -0.483. The maximum absolute atomic E-state index is 10.2. The largest absolute Gasteiger partial charge is 0.412 e. The van der Waals surface area contributed by atoms with Crippen LogP contribution in [0.5, 0.6) is 0 Å². The van der Waals surface area contributed by atoms with Gasteiger partial charge in [0.2, 0.25) is 5.82 Å². The summed E-state index contributed by atoms with van der Waals surface area (Å²) in [6.45, 7) is 1.75. The van der Waals surface area contributed by atoms with Crippen molar-refractivity contribution in [2.45, 2.75) is 63.6 Å². The van der Waals surface area contributed by atoms with Crippen molar-refractivity contribution in [2.24, 2.45) is 0 Å². The lowest BCUT2D eigenvalue weighted by Gasteiger charge is -2.16. The first kappa shape index (κ1) is 22.0. The Kier molecular flexibility index (Phi) is 7.68. The summed E-state index contributed by atoms with van der Waals surface area (Å²) < 4.78 is 7.01. The lowest BCUT2D eigenvalue weighted by Crippen LogP contribution is -2.33. The van der Waals surface area contributed by atoms with Crippen LogP contribution in [0, 0.1) is 11.8 Å². The number of nitrogens with zero attached hydrogens (tertiary/aromatic N) is 4. The minimum atomic E-state index is -1.23. The van der Waals surface area contributed by atoms with Gasteiger partial charge in [-0.2, -0.15) is 0 Å². The van der Waals surface area contributed by atoms with Crippen LogP contribution >= 0.6 is 0 Å². The van der Waals surface area contributed by atoms with Gasteiger partial charge in [-0.05, 0) is 12.3 Å². The van der Waals surface area contributed by atoms with Crippen molar-refractivity contribution >= 4 is 17.0 Å². The normalized spacial score (nSPS) is 24.0. The van der Waals surface area contributed by atoms with E-state index in [1.165, 1.54) is 23.7 Å². The molecule has 0 spiro atoms. The fourth-order valence-electron chi connectivity index (χ4n) is 3.07. The zero-order chi connectivity index (χ0) is 19.4. The molecule has 10 heteroatoms. The highest BCUT2D eigenvalue weighted by Crippen LogP contribution is 2.31. The molecule has 7 N–H and O–H groups in total. The first-order chi connectivity index (χ1) is 13.1. The third kappa shape index (κ3) is 4.40. The van der Waals surface area contributed by atoms with E-state index in [9.17, 15) is 15.3 Å². The molecule has 1 saturated heterocycles. The highest BCUT2D eigenvalue weighted by Gasteiger charge is 2.44. The lowest BCUT2D eigenvalue weighted by atomic mass is 10.1. The van der Waals surface area contributed by atoms with E-state index < -0.39 is 31.1 Å². The smallest absolute Gasteiger partial charge is 0.208 e. The van der Waals surface area contributed by atoms with E-state index in [0.717, 1.165) is 19.3 Å². The van der Waals surface area contributed by atoms with Gasteiger partial charge in [0.1, 0.15) is 23.8 Å². The van der Waals surface area contributed by atoms with Crippen LogP contribution in [0.2, 0.25) is 0 Å². The van der Waals surface area contributed by atoms with Crippen LogP contribution in [0.15, 0.2) is 6.33 Å². The molecule has 0 bridgehead atoms. The van der Waals surface area contributed by atoms with Crippen molar-refractivity contribution in [1.29, 1.82) is 0 Å². The van der Waals surface area contributed by atoms with E-state index in [4.69, 9.17) is 10.5 Å². The van der Waals surface area contributed by atoms with Gasteiger partial charge in [0.05, 0.1) is 12.9 Å². The van der Waals surface area contributed by atoms with Crippen molar-refractivity contribution in [3.05, 3.63) is 12.2 Å². The van der Waals surface area contributed by atoms with Crippen LogP contribution in [-0.4, -0.2) is 65.2 Å². The van der Waals surface area contributed by atoms with Gasteiger partial charge in [-0.1, -0.05) is 32.1 Å². The molecular formula is C18H27N5O5.